The lowest BCUT2D eigenvalue weighted by Gasteiger charge is -2.40. The second kappa shape index (κ2) is 12.4. The van der Waals surface area contributed by atoms with E-state index in [9.17, 15) is 0 Å². The third kappa shape index (κ3) is 8.30. The highest BCUT2D eigenvalue weighted by atomic mass is 127. The van der Waals surface area contributed by atoms with E-state index in [4.69, 9.17) is 4.74 Å². The molecule has 0 amide bonds. The maximum Gasteiger partial charge on any atom is 0.191 e. The van der Waals surface area contributed by atoms with E-state index in [1.54, 1.807) is 0 Å². The molecule has 0 aromatic carbocycles. The predicted molar refractivity (Wildman–Crippen MR) is 122 cm³/mol. The summed E-state index contributed by atoms with van der Waals surface area (Å²) < 4.78 is 6.09. The first-order valence-electron chi connectivity index (χ1n) is 10.3. The molecule has 2 unspecified atom stereocenters. The summed E-state index contributed by atoms with van der Waals surface area (Å²) in [6, 6.07) is 0. The van der Waals surface area contributed by atoms with Crippen molar-refractivity contribution in [2.45, 2.75) is 65.4 Å². The Bertz CT molecular complexity index is 403. The molecule has 2 atom stereocenters. The summed E-state index contributed by atoms with van der Waals surface area (Å²) in [5.74, 6) is 1.48. The van der Waals surface area contributed by atoms with Crippen LogP contribution in [0.25, 0.3) is 0 Å². The van der Waals surface area contributed by atoms with Crippen molar-refractivity contribution in [3.63, 3.8) is 0 Å². The smallest absolute Gasteiger partial charge is 0.191 e. The number of nitrogens with zero attached hydrogens (tertiary/aromatic N) is 2. The van der Waals surface area contributed by atoms with E-state index < -0.39 is 0 Å². The Kier molecular flexibility index (Phi) is 11.4. The number of aliphatic imine (C=N–C) groups is 1. The first kappa shape index (κ1) is 24.0. The van der Waals surface area contributed by atoms with Gasteiger partial charge in [0.2, 0.25) is 0 Å². The van der Waals surface area contributed by atoms with Crippen molar-refractivity contribution in [2.24, 2.45) is 16.3 Å². The third-order valence-electron chi connectivity index (χ3n) is 5.47. The molecule has 0 radical (unpaired) electrons. The van der Waals surface area contributed by atoms with Gasteiger partial charge in [0.1, 0.15) is 0 Å². The number of ether oxygens (including phenoxy) is 1. The van der Waals surface area contributed by atoms with E-state index in [0.29, 0.717) is 12.0 Å². The molecule has 0 spiro atoms. The highest BCUT2D eigenvalue weighted by molar-refractivity contribution is 14.0. The summed E-state index contributed by atoms with van der Waals surface area (Å²) in [6.45, 7) is 13.3. The fourth-order valence-corrected chi connectivity index (χ4v) is 4.15. The van der Waals surface area contributed by atoms with Gasteiger partial charge in [-0.2, -0.15) is 0 Å². The van der Waals surface area contributed by atoms with Crippen molar-refractivity contribution in [3.05, 3.63) is 0 Å². The first-order valence-corrected chi connectivity index (χ1v) is 10.3. The molecule has 26 heavy (non-hydrogen) atoms. The van der Waals surface area contributed by atoms with Gasteiger partial charge in [-0.1, -0.05) is 33.6 Å². The Morgan fingerprint density at radius 3 is 2.38 bits per heavy atom. The number of rotatable bonds is 5. The summed E-state index contributed by atoms with van der Waals surface area (Å²) in [4.78, 5) is 6.98. The van der Waals surface area contributed by atoms with Gasteiger partial charge in [0.05, 0.1) is 6.10 Å². The van der Waals surface area contributed by atoms with Crippen molar-refractivity contribution in [3.8, 4) is 0 Å². The van der Waals surface area contributed by atoms with Gasteiger partial charge in [-0.25, -0.2) is 0 Å². The molecule has 0 aliphatic carbocycles. The number of halogens is 1. The number of likely N-dealkylation sites (tertiary alicyclic amines) is 1. The standard InChI is InChI=1S/C20H40N4O.HI/c1-20(2,3)18-17(10-9-15-25-18)16-23-19(21-4)22-11-14-24-12-7-5-6-8-13-24;/h17-18H,5-16H2,1-4H3,(H2,21,22,23);1H. The van der Waals surface area contributed by atoms with Crippen LogP contribution in [0.5, 0.6) is 0 Å². The molecule has 2 fully saturated rings. The molecule has 2 aliphatic heterocycles. The highest BCUT2D eigenvalue weighted by Gasteiger charge is 2.35. The minimum atomic E-state index is 0. The summed E-state index contributed by atoms with van der Waals surface area (Å²) >= 11 is 0. The number of hydrogen-bond acceptors (Lipinski definition) is 3. The number of nitrogens with one attached hydrogen (secondary N) is 2. The number of hydrogen-bond donors (Lipinski definition) is 2. The van der Waals surface area contributed by atoms with E-state index in [1.165, 1.54) is 51.6 Å². The van der Waals surface area contributed by atoms with Gasteiger partial charge in [-0.3, -0.25) is 4.99 Å². The van der Waals surface area contributed by atoms with Gasteiger partial charge >= 0.3 is 0 Å². The first-order chi connectivity index (χ1) is 12.0. The van der Waals surface area contributed by atoms with Crippen molar-refractivity contribution < 1.29 is 4.74 Å². The molecule has 0 saturated carbocycles. The van der Waals surface area contributed by atoms with E-state index in [1.807, 2.05) is 7.05 Å². The summed E-state index contributed by atoms with van der Waals surface area (Å²) in [7, 11) is 1.86. The molecule has 2 heterocycles. The monoisotopic (exact) mass is 480 g/mol. The summed E-state index contributed by atoms with van der Waals surface area (Å²) in [5, 5.41) is 7.02. The zero-order valence-corrected chi connectivity index (χ0v) is 19.7. The molecule has 2 rings (SSSR count). The normalized spacial score (nSPS) is 25.9. The van der Waals surface area contributed by atoms with Gasteiger partial charge in [0.25, 0.3) is 0 Å². The van der Waals surface area contributed by atoms with Crippen LogP contribution in [0.1, 0.15) is 59.3 Å². The van der Waals surface area contributed by atoms with Crippen molar-refractivity contribution in [2.75, 3.05) is 46.4 Å². The van der Waals surface area contributed by atoms with Crippen LogP contribution in [0.3, 0.4) is 0 Å². The lowest BCUT2D eigenvalue weighted by atomic mass is 9.78. The maximum absolute atomic E-state index is 6.09. The summed E-state index contributed by atoms with van der Waals surface area (Å²) in [5.41, 5.74) is 0.191. The molecule has 2 saturated heterocycles. The molecular formula is C20H41IN4O. The lowest BCUT2D eigenvalue weighted by molar-refractivity contribution is -0.0835. The Labute approximate surface area is 178 Å². The molecule has 154 valence electrons. The van der Waals surface area contributed by atoms with Gasteiger partial charge in [-0.05, 0) is 44.2 Å². The van der Waals surface area contributed by atoms with Crippen LogP contribution in [-0.2, 0) is 4.74 Å². The Balaban J connectivity index is 0.00000338. The quantitative estimate of drug-likeness (QED) is 0.360. The molecule has 0 bridgehead atoms. The topological polar surface area (TPSA) is 48.9 Å². The van der Waals surface area contributed by atoms with E-state index in [-0.39, 0.29) is 29.4 Å². The third-order valence-corrected chi connectivity index (χ3v) is 5.47. The Hall–Kier alpha value is -0.0800. The van der Waals surface area contributed by atoms with E-state index in [0.717, 1.165) is 32.2 Å². The zero-order chi connectivity index (χ0) is 18.1. The molecule has 0 aromatic heterocycles. The molecule has 2 N–H and O–H groups in total. The predicted octanol–water partition coefficient (Wildman–Crippen LogP) is 3.49. The van der Waals surface area contributed by atoms with E-state index >= 15 is 0 Å². The molecule has 5 nitrogen and oxygen atoms in total. The maximum atomic E-state index is 6.09. The van der Waals surface area contributed by atoms with Crippen LogP contribution in [0.4, 0.5) is 0 Å². The van der Waals surface area contributed by atoms with Crippen molar-refractivity contribution >= 4 is 29.9 Å². The largest absolute Gasteiger partial charge is 0.377 e. The molecule has 2 aliphatic rings. The minimum Gasteiger partial charge on any atom is -0.377 e. The Morgan fingerprint density at radius 2 is 1.77 bits per heavy atom. The second-order valence-electron chi connectivity index (χ2n) is 8.70. The van der Waals surface area contributed by atoms with Gasteiger partial charge in [0, 0.05) is 39.2 Å². The van der Waals surface area contributed by atoms with Crippen LogP contribution < -0.4 is 10.6 Å². The summed E-state index contributed by atoms with van der Waals surface area (Å²) in [6.07, 6.45) is 8.21. The molecular weight excluding hydrogens is 439 g/mol. The fraction of sp³-hybridized carbons (Fsp3) is 0.950. The van der Waals surface area contributed by atoms with Crippen LogP contribution >= 0.6 is 24.0 Å². The SMILES string of the molecule is CN=C(NCCN1CCCCCC1)NCC1CCCOC1C(C)(C)C.I. The fourth-order valence-electron chi connectivity index (χ4n) is 4.15. The van der Waals surface area contributed by atoms with Crippen molar-refractivity contribution in [1.82, 2.24) is 15.5 Å². The minimum absolute atomic E-state index is 0. The average Bonchev–Trinajstić information content (AvgIpc) is 2.86. The average molecular weight is 480 g/mol. The van der Waals surface area contributed by atoms with Crippen LogP contribution in [0, 0.1) is 11.3 Å². The number of guanidine groups is 1. The van der Waals surface area contributed by atoms with Crippen LogP contribution in [-0.4, -0.2) is 63.3 Å². The van der Waals surface area contributed by atoms with Gasteiger partial charge in [-0.15, -0.1) is 24.0 Å². The van der Waals surface area contributed by atoms with Gasteiger partial charge in [0.15, 0.2) is 5.96 Å². The zero-order valence-electron chi connectivity index (χ0n) is 17.4. The van der Waals surface area contributed by atoms with Crippen molar-refractivity contribution in [1.29, 1.82) is 0 Å². The van der Waals surface area contributed by atoms with E-state index in [2.05, 4.69) is 41.3 Å². The lowest BCUT2D eigenvalue weighted by Crippen LogP contribution is -2.48. The Morgan fingerprint density at radius 1 is 1.08 bits per heavy atom. The van der Waals surface area contributed by atoms with Crippen LogP contribution in [0.2, 0.25) is 0 Å². The molecule has 0 aromatic rings. The molecule has 6 heteroatoms. The van der Waals surface area contributed by atoms with Crippen LogP contribution in [0.15, 0.2) is 4.99 Å². The van der Waals surface area contributed by atoms with Gasteiger partial charge < -0.3 is 20.3 Å². The highest BCUT2D eigenvalue weighted by Crippen LogP contribution is 2.33. The second-order valence-corrected chi connectivity index (χ2v) is 8.70.